The molecule has 1 aliphatic rings. The first-order valence-corrected chi connectivity index (χ1v) is 12.6. The molecule has 218 valence electrons. The van der Waals surface area contributed by atoms with Gasteiger partial charge in [0, 0.05) is 18.5 Å². The number of carbonyl (C=O) groups is 1. The minimum atomic E-state index is -4.60. The number of halogens is 3. The van der Waals surface area contributed by atoms with Crippen LogP contribution in [0.5, 0.6) is 0 Å². The van der Waals surface area contributed by atoms with Crippen molar-refractivity contribution in [1.29, 1.82) is 5.26 Å². The molecule has 1 aromatic heterocycles. The summed E-state index contributed by atoms with van der Waals surface area (Å²) in [5.41, 5.74) is 0.710. The molecule has 0 spiro atoms. The van der Waals surface area contributed by atoms with Gasteiger partial charge in [0.05, 0.1) is 50.2 Å². The summed E-state index contributed by atoms with van der Waals surface area (Å²) >= 11 is 0. The fraction of sp³-hybridized carbons (Fsp3) is 0.321. The number of allylic oxidation sites excluding steroid dienone is 2. The molecule has 1 atom stereocenters. The Bertz CT molecular complexity index is 1540. The van der Waals surface area contributed by atoms with Crippen molar-refractivity contribution < 1.29 is 32.2 Å². The van der Waals surface area contributed by atoms with Crippen LogP contribution in [-0.2, 0) is 25.2 Å². The van der Waals surface area contributed by atoms with Crippen LogP contribution >= 0.6 is 0 Å². The lowest BCUT2D eigenvalue weighted by molar-refractivity contribution is -0.137. The van der Waals surface area contributed by atoms with Gasteiger partial charge in [-0.1, -0.05) is 18.2 Å². The molecule has 0 unspecified atom stereocenters. The van der Waals surface area contributed by atoms with Crippen molar-refractivity contribution in [3.8, 4) is 6.07 Å². The van der Waals surface area contributed by atoms with Crippen LogP contribution in [0.4, 0.5) is 30.8 Å². The lowest BCUT2D eigenvalue weighted by Crippen LogP contribution is -2.30. The van der Waals surface area contributed by atoms with Crippen molar-refractivity contribution in [2.24, 2.45) is 0 Å². The van der Waals surface area contributed by atoms with Crippen LogP contribution in [0.1, 0.15) is 29.7 Å². The third-order valence-electron chi connectivity index (χ3n) is 6.22. The molecule has 42 heavy (non-hydrogen) atoms. The Morgan fingerprint density at radius 3 is 2.52 bits per heavy atom. The number of nitrogens with zero attached hydrogens (tertiary/aromatic N) is 6. The highest BCUT2D eigenvalue weighted by Gasteiger charge is 2.38. The minimum Gasteiger partial charge on any atom is -0.382 e. The summed E-state index contributed by atoms with van der Waals surface area (Å²) < 4.78 is 57.5. The number of nitriles is 1. The Morgan fingerprint density at radius 2 is 1.86 bits per heavy atom. The van der Waals surface area contributed by atoms with E-state index >= 15 is 0 Å². The number of anilines is 3. The summed E-state index contributed by atoms with van der Waals surface area (Å²) in [6, 6.07) is 12.3. The second kappa shape index (κ2) is 13.3. The summed E-state index contributed by atoms with van der Waals surface area (Å²) in [5.74, 6) is -0.619. The number of benzene rings is 2. The van der Waals surface area contributed by atoms with Gasteiger partial charge < -0.3 is 14.2 Å². The van der Waals surface area contributed by atoms with Crippen LogP contribution < -0.4 is 10.2 Å². The van der Waals surface area contributed by atoms with Gasteiger partial charge in [-0.3, -0.25) is 15.0 Å². The standard InChI is InChI=1S/C28H26F3N7O4/c1-18-24(33-2)25(20-9-7-19(16-32)8-10-20)38-27(37(18)22-6-4-5-21(15-22)28(29,30)31)35-26(36-38)34-23(39)17-42-14-13-41-12-11-40-3/h4-10,15,25H,11-14,17H2,1,3H3,(H,34,36,39)/t25-/m1/s1. The maximum absolute atomic E-state index is 13.6. The molecular weight excluding hydrogens is 555 g/mol. The second-order valence-corrected chi connectivity index (χ2v) is 8.99. The molecule has 2 aromatic carbocycles. The van der Waals surface area contributed by atoms with Crippen molar-refractivity contribution in [2.75, 3.05) is 50.4 Å². The summed E-state index contributed by atoms with van der Waals surface area (Å²) in [6.45, 7) is 10.4. The normalized spacial score (nSPS) is 14.7. The number of rotatable bonds is 11. The summed E-state index contributed by atoms with van der Waals surface area (Å²) in [5, 5.41) is 16.2. The third kappa shape index (κ3) is 6.75. The maximum atomic E-state index is 13.6. The Labute approximate surface area is 239 Å². The van der Waals surface area contributed by atoms with Gasteiger partial charge in [0.15, 0.2) is 0 Å². The van der Waals surface area contributed by atoms with E-state index in [2.05, 4.69) is 20.2 Å². The fourth-order valence-corrected chi connectivity index (χ4v) is 4.27. The van der Waals surface area contributed by atoms with E-state index in [0.717, 1.165) is 12.1 Å². The number of nitrogens with one attached hydrogen (secondary N) is 1. The number of carbonyl (C=O) groups excluding carboxylic acids is 1. The highest BCUT2D eigenvalue weighted by molar-refractivity contribution is 5.90. The Morgan fingerprint density at radius 1 is 1.14 bits per heavy atom. The quantitative estimate of drug-likeness (QED) is 0.256. The van der Waals surface area contributed by atoms with Crippen molar-refractivity contribution in [3.63, 3.8) is 0 Å². The molecule has 3 aromatic rings. The zero-order chi connectivity index (χ0) is 30.3. The Kier molecular flexibility index (Phi) is 9.54. The van der Waals surface area contributed by atoms with E-state index in [1.807, 2.05) is 6.07 Å². The predicted octanol–water partition coefficient (Wildman–Crippen LogP) is 4.68. The number of ether oxygens (including phenoxy) is 3. The van der Waals surface area contributed by atoms with Gasteiger partial charge in [-0.2, -0.15) is 23.4 Å². The highest BCUT2D eigenvalue weighted by Crippen LogP contribution is 2.44. The number of hydrogen-bond donors (Lipinski definition) is 1. The van der Waals surface area contributed by atoms with E-state index < -0.39 is 23.7 Å². The molecule has 0 fully saturated rings. The van der Waals surface area contributed by atoms with E-state index in [1.54, 1.807) is 38.3 Å². The molecule has 0 aliphatic carbocycles. The highest BCUT2D eigenvalue weighted by atomic mass is 19.4. The number of hydrogen-bond acceptors (Lipinski definition) is 8. The number of fused-ring (bicyclic) bond motifs is 1. The van der Waals surface area contributed by atoms with Gasteiger partial charge in [0.25, 0.3) is 11.9 Å². The second-order valence-electron chi connectivity index (χ2n) is 8.99. The summed E-state index contributed by atoms with van der Waals surface area (Å²) in [7, 11) is 1.55. The number of aromatic nitrogens is 3. The van der Waals surface area contributed by atoms with E-state index in [-0.39, 0.29) is 43.1 Å². The van der Waals surface area contributed by atoms with Crippen molar-refractivity contribution in [2.45, 2.75) is 19.1 Å². The molecular formula is C28H26F3N7O4. The number of methoxy groups -OCH3 is 1. The van der Waals surface area contributed by atoms with Gasteiger partial charge in [0.2, 0.25) is 11.6 Å². The zero-order valence-electron chi connectivity index (χ0n) is 22.7. The average molecular weight is 582 g/mol. The average Bonchev–Trinajstić information content (AvgIpc) is 3.38. The largest absolute Gasteiger partial charge is 0.416 e. The molecule has 4 rings (SSSR count). The van der Waals surface area contributed by atoms with Gasteiger partial charge in [-0.05, 0) is 42.8 Å². The molecule has 0 radical (unpaired) electrons. The van der Waals surface area contributed by atoms with Crippen molar-refractivity contribution >= 4 is 23.5 Å². The van der Waals surface area contributed by atoms with Gasteiger partial charge in [0.1, 0.15) is 12.6 Å². The van der Waals surface area contributed by atoms with Crippen LogP contribution in [0, 0.1) is 17.9 Å². The van der Waals surface area contributed by atoms with Gasteiger partial charge in [-0.25, -0.2) is 9.53 Å². The van der Waals surface area contributed by atoms with E-state index in [1.165, 1.54) is 21.7 Å². The van der Waals surface area contributed by atoms with E-state index in [0.29, 0.717) is 30.0 Å². The molecule has 14 heteroatoms. The van der Waals surface area contributed by atoms with Crippen molar-refractivity contribution in [3.05, 3.63) is 88.0 Å². The van der Waals surface area contributed by atoms with Gasteiger partial charge in [-0.15, -0.1) is 5.10 Å². The maximum Gasteiger partial charge on any atom is 0.416 e. The lowest BCUT2D eigenvalue weighted by Gasteiger charge is -2.34. The fourth-order valence-electron chi connectivity index (χ4n) is 4.27. The molecule has 1 N–H and O–H groups in total. The van der Waals surface area contributed by atoms with Crippen LogP contribution in [0.3, 0.4) is 0 Å². The van der Waals surface area contributed by atoms with Crippen LogP contribution in [-0.4, -0.2) is 60.8 Å². The first-order valence-electron chi connectivity index (χ1n) is 12.6. The Hall–Kier alpha value is -4.76. The molecule has 11 nitrogen and oxygen atoms in total. The zero-order valence-corrected chi connectivity index (χ0v) is 22.7. The molecule has 1 amide bonds. The molecule has 2 heterocycles. The monoisotopic (exact) mass is 581 g/mol. The number of alkyl halides is 3. The minimum absolute atomic E-state index is 0.0799. The smallest absolute Gasteiger partial charge is 0.382 e. The Balaban J connectivity index is 1.68. The summed E-state index contributed by atoms with van der Waals surface area (Å²) in [4.78, 5) is 22.1. The van der Waals surface area contributed by atoms with Crippen LogP contribution in [0.25, 0.3) is 4.85 Å². The first kappa shape index (κ1) is 30.2. The first-order chi connectivity index (χ1) is 20.2. The van der Waals surface area contributed by atoms with Crippen molar-refractivity contribution in [1.82, 2.24) is 14.8 Å². The van der Waals surface area contributed by atoms with E-state index in [4.69, 9.17) is 20.8 Å². The van der Waals surface area contributed by atoms with Gasteiger partial charge >= 0.3 is 6.18 Å². The third-order valence-corrected chi connectivity index (χ3v) is 6.22. The predicted molar refractivity (Wildman–Crippen MR) is 144 cm³/mol. The summed E-state index contributed by atoms with van der Waals surface area (Å²) in [6.07, 6.45) is -4.60. The molecule has 1 aliphatic heterocycles. The van der Waals surface area contributed by atoms with Crippen LogP contribution in [0.15, 0.2) is 59.9 Å². The molecule has 0 saturated heterocycles. The van der Waals surface area contributed by atoms with E-state index in [9.17, 15) is 23.2 Å². The SMILES string of the molecule is [C-]#[N+]C1=C(C)N(c2cccc(C(F)(F)F)c2)c2nc(NC(=O)COCCOCCOC)nn2[C@@H]1c1ccc(C#N)cc1. The number of amides is 1. The van der Waals surface area contributed by atoms with Crippen LogP contribution in [0.2, 0.25) is 0 Å². The molecule has 0 saturated carbocycles. The topological polar surface area (TPSA) is 119 Å². The molecule has 0 bridgehead atoms. The lowest BCUT2D eigenvalue weighted by atomic mass is 9.99.